The number of benzene rings is 2. The number of carbonyl (C=O) groups is 1. The molecular weight excluding hydrogens is 326 g/mol. The zero-order valence-electron chi connectivity index (χ0n) is 11.5. The van der Waals surface area contributed by atoms with Crippen molar-refractivity contribution < 1.29 is 18.1 Å². The predicted molar refractivity (Wildman–Crippen MR) is 81.3 cm³/mol. The fourth-order valence-electron chi connectivity index (χ4n) is 1.98. The normalized spacial score (nSPS) is 10.6. The summed E-state index contributed by atoms with van der Waals surface area (Å²) in [5.74, 6) is -2.90. The maximum atomic E-state index is 13.6. The molecule has 0 saturated carbocycles. The second kappa shape index (κ2) is 6.18. The van der Waals surface area contributed by atoms with Gasteiger partial charge >= 0.3 is 0 Å². The Morgan fingerprint density at radius 2 is 1.74 bits per heavy atom. The summed E-state index contributed by atoms with van der Waals surface area (Å²) in [5, 5.41) is 6.62. The number of hydrogen-bond acceptors (Lipinski definition) is 3. The molecule has 0 saturated heterocycles. The van der Waals surface area contributed by atoms with Gasteiger partial charge in [0, 0.05) is 16.7 Å². The largest absolute Gasteiger partial charge is 0.338 e. The number of hydrogen-bond donors (Lipinski definition) is 1. The minimum atomic E-state index is -0.959. The molecule has 1 N–H and O–H groups in total. The number of halogens is 3. The lowest BCUT2D eigenvalue weighted by Gasteiger charge is -2.03. The van der Waals surface area contributed by atoms with Crippen molar-refractivity contribution in [2.45, 2.75) is 0 Å². The van der Waals surface area contributed by atoms with Crippen LogP contribution in [0.3, 0.4) is 0 Å². The van der Waals surface area contributed by atoms with E-state index in [0.717, 1.165) is 17.7 Å². The Morgan fingerprint density at radius 1 is 1.09 bits per heavy atom. The molecule has 3 rings (SSSR count). The SMILES string of the molecule is O=C(Nc1cc(-c2ccc(Cl)cc2)no1)c1c(F)cccc1F. The van der Waals surface area contributed by atoms with Gasteiger partial charge < -0.3 is 4.52 Å². The van der Waals surface area contributed by atoms with Gasteiger partial charge in [-0.15, -0.1) is 0 Å². The number of carbonyl (C=O) groups excluding carboxylic acids is 1. The molecule has 0 fully saturated rings. The molecule has 0 radical (unpaired) electrons. The van der Waals surface area contributed by atoms with Gasteiger partial charge in [-0.2, -0.15) is 0 Å². The van der Waals surface area contributed by atoms with Crippen LogP contribution in [0, 0.1) is 11.6 Å². The molecule has 0 aliphatic carbocycles. The minimum Gasteiger partial charge on any atom is -0.338 e. The van der Waals surface area contributed by atoms with Gasteiger partial charge in [-0.1, -0.05) is 35.0 Å². The number of rotatable bonds is 3. The summed E-state index contributed by atoms with van der Waals surface area (Å²) in [6, 6.07) is 11.4. The summed E-state index contributed by atoms with van der Waals surface area (Å²) >= 11 is 5.80. The van der Waals surface area contributed by atoms with Crippen LogP contribution < -0.4 is 5.32 Å². The van der Waals surface area contributed by atoms with E-state index < -0.39 is 23.1 Å². The monoisotopic (exact) mass is 334 g/mol. The van der Waals surface area contributed by atoms with E-state index in [9.17, 15) is 13.6 Å². The maximum Gasteiger partial charge on any atom is 0.264 e. The summed E-state index contributed by atoms with van der Waals surface area (Å²) in [5.41, 5.74) is 0.485. The summed E-state index contributed by atoms with van der Waals surface area (Å²) in [7, 11) is 0. The first-order valence-electron chi connectivity index (χ1n) is 6.52. The van der Waals surface area contributed by atoms with Crippen molar-refractivity contribution in [3.05, 3.63) is 70.8 Å². The summed E-state index contributed by atoms with van der Waals surface area (Å²) in [6.07, 6.45) is 0. The van der Waals surface area contributed by atoms with E-state index in [1.165, 1.54) is 12.1 Å². The van der Waals surface area contributed by atoms with Gasteiger partial charge in [-0.3, -0.25) is 10.1 Å². The Bertz CT molecular complexity index is 843. The third kappa shape index (κ3) is 3.22. The van der Waals surface area contributed by atoms with E-state index in [1.807, 2.05) is 0 Å². The summed E-state index contributed by atoms with van der Waals surface area (Å²) in [4.78, 5) is 11.9. The first kappa shape index (κ1) is 15.2. The van der Waals surface area contributed by atoms with Gasteiger partial charge in [-0.25, -0.2) is 8.78 Å². The van der Waals surface area contributed by atoms with Gasteiger partial charge in [-0.05, 0) is 24.3 Å². The van der Waals surface area contributed by atoms with Crippen molar-refractivity contribution in [3.63, 3.8) is 0 Å². The Morgan fingerprint density at radius 3 is 2.39 bits per heavy atom. The quantitative estimate of drug-likeness (QED) is 0.766. The lowest BCUT2D eigenvalue weighted by molar-refractivity contribution is 0.101. The van der Waals surface area contributed by atoms with Crippen LogP contribution in [0.5, 0.6) is 0 Å². The fraction of sp³-hybridized carbons (Fsp3) is 0. The molecule has 0 unspecified atom stereocenters. The molecule has 4 nitrogen and oxygen atoms in total. The molecule has 0 atom stereocenters. The zero-order chi connectivity index (χ0) is 16.4. The molecule has 1 amide bonds. The molecule has 1 aromatic heterocycles. The minimum absolute atomic E-state index is 0.0254. The smallest absolute Gasteiger partial charge is 0.264 e. The molecule has 0 spiro atoms. The van der Waals surface area contributed by atoms with Crippen LogP contribution in [0.15, 0.2) is 53.1 Å². The Hall–Kier alpha value is -2.73. The Labute approximate surface area is 134 Å². The van der Waals surface area contributed by atoms with Gasteiger partial charge in [0.15, 0.2) is 0 Å². The number of anilines is 1. The number of aromatic nitrogens is 1. The molecule has 23 heavy (non-hydrogen) atoms. The van der Waals surface area contributed by atoms with Crippen molar-refractivity contribution in [2.75, 3.05) is 5.32 Å². The van der Waals surface area contributed by atoms with Gasteiger partial charge in [0.1, 0.15) is 22.9 Å². The standard InChI is InChI=1S/C16H9ClF2N2O2/c17-10-6-4-9(5-7-10)13-8-14(23-21-13)20-16(22)15-11(18)2-1-3-12(15)19/h1-8H,(H,20,22). The molecule has 116 valence electrons. The van der Waals surface area contributed by atoms with Crippen LogP contribution >= 0.6 is 11.6 Å². The maximum absolute atomic E-state index is 13.6. The van der Waals surface area contributed by atoms with Crippen molar-refractivity contribution in [2.24, 2.45) is 0 Å². The molecule has 0 bridgehead atoms. The number of nitrogens with one attached hydrogen (secondary N) is 1. The van der Waals surface area contributed by atoms with E-state index in [0.29, 0.717) is 10.7 Å². The number of amides is 1. The van der Waals surface area contributed by atoms with E-state index in [4.69, 9.17) is 16.1 Å². The Balaban J connectivity index is 1.82. The first-order chi connectivity index (χ1) is 11.0. The van der Waals surface area contributed by atoms with Crippen molar-refractivity contribution >= 4 is 23.4 Å². The van der Waals surface area contributed by atoms with E-state index in [2.05, 4.69) is 10.5 Å². The van der Waals surface area contributed by atoms with Crippen molar-refractivity contribution in [3.8, 4) is 11.3 Å². The highest BCUT2D eigenvalue weighted by Gasteiger charge is 2.18. The first-order valence-corrected chi connectivity index (χ1v) is 6.90. The fourth-order valence-corrected chi connectivity index (χ4v) is 2.11. The lowest BCUT2D eigenvalue weighted by Crippen LogP contribution is -2.15. The van der Waals surface area contributed by atoms with E-state index >= 15 is 0 Å². The summed E-state index contributed by atoms with van der Waals surface area (Å²) < 4.78 is 32.1. The van der Waals surface area contributed by atoms with Crippen LogP contribution in [0.4, 0.5) is 14.7 Å². The molecule has 3 aromatic rings. The lowest BCUT2D eigenvalue weighted by atomic mass is 10.1. The topological polar surface area (TPSA) is 55.1 Å². The van der Waals surface area contributed by atoms with Gasteiger partial charge in [0.2, 0.25) is 5.88 Å². The van der Waals surface area contributed by atoms with Crippen LogP contribution in [-0.4, -0.2) is 11.1 Å². The van der Waals surface area contributed by atoms with Gasteiger partial charge in [0.25, 0.3) is 5.91 Å². The van der Waals surface area contributed by atoms with E-state index in [-0.39, 0.29) is 5.88 Å². The van der Waals surface area contributed by atoms with Crippen molar-refractivity contribution in [1.29, 1.82) is 0 Å². The third-order valence-electron chi connectivity index (χ3n) is 3.08. The van der Waals surface area contributed by atoms with Crippen LogP contribution in [0.25, 0.3) is 11.3 Å². The average Bonchev–Trinajstić information content (AvgIpc) is 2.96. The molecule has 2 aromatic carbocycles. The van der Waals surface area contributed by atoms with Crippen LogP contribution in [0.1, 0.15) is 10.4 Å². The zero-order valence-corrected chi connectivity index (χ0v) is 12.3. The number of nitrogens with zero attached hydrogens (tertiary/aromatic N) is 1. The van der Waals surface area contributed by atoms with E-state index in [1.54, 1.807) is 24.3 Å². The second-order valence-electron chi connectivity index (χ2n) is 4.63. The van der Waals surface area contributed by atoms with Crippen LogP contribution in [0.2, 0.25) is 5.02 Å². The second-order valence-corrected chi connectivity index (χ2v) is 5.07. The van der Waals surface area contributed by atoms with Crippen LogP contribution in [-0.2, 0) is 0 Å². The highest BCUT2D eigenvalue weighted by Crippen LogP contribution is 2.24. The third-order valence-corrected chi connectivity index (χ3v) is 3.33. The summed E-state index contributed by atoms with van der Waals surface area (Å²) in [6.45, 7) is 0. The predicted octanol–water partition coefficient (Wildman–Crippen LogP) is 4.53. The molecule has 7 heteroatoms. The highest BCUT2D eigenvalue weighted by molar-refractivity contribution is 6.30. The average molecular weight is 335 g/mol. The molecule has 1 heterocycles. The molecule has 0 aliphatic heterocycles. The van der Waals surface area contributed by atoms with Crippen molar-refractivity contribution in [1.82, 2.24) is 5.16 Å². The molecule has 0 aliphatic rings. The highest BCUT2D eigenvalue weighted by atomic mass is 35.5. The molecular formula is C16H9ClF2N2O2. The van der Waals surface area contributed by atoms with Gasteiger partial charge in [0.05, 0.1) is 0 Å². The Kier molecular flexibility index (Phi) is 4.08.